The molecule has 0 atom stereocenters. The van der Waals surface area contributed by atoms with Gasteiger partial charge < -0.3 is 15.2 Å². The third-order valence-corrected chi connectivity index (χ3v) is 2.63. The topological polar surface area (TPSA) is 97.1 Å². The Morgan fingerprint density at radius 2 is 1.94 bits per heavy atom. The molecule has 0 bridgehead atoms. The third-order valence-electron chi connectivity index (χ3n) is 2.63. The van der Waals surface area contributed by atoms with Crippen LogP contribution >= 0.6 is 0 Å². The van der Waals surface area contributed by atoms with Gasteiger partial charge >= 0.3 is 0 Å². The second-order valence-corrected chi connectivity index (χ2v) is 3.86. The van der Waals surface area contributed by atoms with Crippen molar-refractivity contribution in [1.29, 1.82) is 5.26 Å². The average Bonchev–Trinajstić information content (AvgIpc) is 2.33. The molecule has 0 unspecified atom stereocenters. The second-order valence-electron chi connectivity index (χ2n) is 3.86. The number of aryl methyl sites for hydroxylation is 1. The zero-order valence-corrected chi connectivity index (χ0v) is 9.56. The van der Waals surface area contributed by atoms with Crippen LogP contribution in [0, 0.1) is 18.3 Å². The maximum absolute atomic E-state index is 11.4. The van der Waals surface area contributed by atoms with Gasteiger partial charge in [-0.2, -0.15) is 5.26 Å². The second kappa shape index (κ2) is 4.26. The number of pyridine rings is 1. The average molecular weight is 242 g/mol. The molecule has 1 aromatic heterocycles. The number of aromatic hydroxyl groups is 2. The van der Waals surface area contributed by atoms with Crippen LogP contribution in [0.4, 0.5) is 0 Å². The summed E-state index contributed by atoms with van der Waals surface area (Å²) in [6.07, 6.45) is 0. The lowest BCUT2D eigenvalue weighted by atomic mass is 10.0. The number of aromatic amines is 1. The van der Waals surface area contributed by atoms with Crippen LogP contribution < -0.4 is 5.56 Å². The Kier molecular flexibility index (Phi) is 2.78. The molecule has 1 heterocycles. The monoisotopic (exact) mass is 242 g/mol. The minimum atomic E-state index is -0.474. The summed E-state index contributed by atoms with van der Waals surface area (Å²) in [4.78, 5) is 13.9. The minimum Gasteiger partial charge on any atom is -0.508 e. The summed E-state index contributed by atoms with van der Waals surface area (Å²) in [7, 11) is 0. The van der Waals surface area contributed by atoms with Crippen molar-refractivity contribution < 1.29 is 10.2 Å². The lowest BCUT2D eigenvalue weighted by Gasteiger charge is -2.08. The first-order valence-corrected chi connectivity index (χ1v) is 5.19. The smallest absolute Gasteiger partial charge is 0.266 e. The number of benzene rings is 1. The minimum absolute atomic E-state index is 0.00749. The normalized spacial score (nSPS) is 10.0. The molecule has 0 radical (unpaired) electrons. The van der Waals surface area contributed by atoms with E-state index in [1.807, 2.05) is 0 Å². The number of nitriles is 1. The first-order valence-electron chi connectivity index (χ1n) is 5.19. The summed E-state index contributed by atoms with van der Waals surface area (Å²) >= 11 is 0. The Labute approximate surface area is 103 Å². The fourth-order valence-corrected chi connectivity index (χ4v) is 1.73. The standard InChI is InChI=1S/C13H10N2O3/c1-7-10(4-8(6-14)13(18)15-7)11-5-9(16)2-3-12(11)17/h2-5,16-17H,1H3,(H,15,18). The van der Waals surface area contributed by atoms with Gasteiger partial charge in [-0.1, -0.05) is 0 Å². The number of nitrogens with one attached hydrogen (secondary N) is 1. The van der Waals surface area contributed by atoms with Gasteiger partial charge in [-0.05, 0) is 31.2 Å². The molecule has 5 nitrogen and oxygen atoms in total. The summed E-state index contributed by atoms with van der Waals surface area (Å²) in [5, 5.41) is 28.0. The van der Waals surface area contributed by atoms with Crippen molar-refractivity contribution in [3.8, 4) is 28.7 Å². The van der Waals surface area contributed by atoms with E-state index in [0.29, 0.717) is 16.8 Å². The fourth-order valence-electron chi connectivity index (χ4n) is 1.73. The molecular formula is C13H10N2O3. The van der Waals surface area contributed by atoms with Gasteiger partial charge in [0.1, 0.15) is 23.1 Å². The SMILES string of the molecule is Cc1[nH]c(=O)c(C#N)cc1-c1cc(O)ccc1O. The molecule has 18 heavy (non-hydrogen) atoms. The zero-order valence-electron chi connectivity index (χ0n) is 9.56. The molecule has 1 aromatic carbocycles. The van der Waals surface area contributed by atoms with Crippen LogP contribution in [-0.4, -0.2) is 15.2 Å². The number of aromatic nitrogens is 1. The molecule has 0 aliphatic rings. The first-order chi connectivity index (χ1) is 8.52. The van der Waals surface area contributed by atoms with E-state index in [2.05, 4.69) is 4.98 Å². The molecule has 0 saturated heterocycles. The maximum Gasteiger partial charge on any atom is 0.266 e. The molecule has 5 heteroatoms. The van der Waals surface area contributed by atoms with Crippen LogP contribution in [0.3, 0.4) is 0 Å². The Balaban J connectivity index is 2.75. The Morgan fingerprint density at radius 3 is 2.61 bits per heavy atom. The lowest BCUT2D eigenvalue weighted by molar-refractivity contribution is 0.462. The predicted octanol–water partition coefficient (Wildman–Crippen LogP) is 1.63. The van der Waals surface area contributed by atoms with Crippen molar-refractivity contribution in [2.24, 2.45) is 0 Å². The Morgan fingerprint density at radius 1 is 1.22 bits per heavy atom. The maximum atomic E-state index is 11.4. The number of hydrogen-bond donors (Lipinski definition) is 3. The number of nitrogens with zero attached hydrogens (tertiary/aromatic N) is 1. The molecule has 90 valence electrons. The van der Waals surface area contributed by atoms with Gasteiger partial charge in [-0.3, -0.25) is 4.79 Å². The van der Waals surface area contributed by atoms with Gasteiger partial charge in [0.2, 0.25) is 0 Å². The van der Waals surface area contributed by atoms with Crippen molar-refractivity contribution in [3.63, 3.8) is 0 Å². The number of phenolic OH excluding ortho intramolecular Hbond substituents is 2. The molecule has 0 aliphatic carbocycles. The molecule has 0 aliphatic heterocycles. The largest absolute Gasteiger partial charge is 0.508 e. The highest BCUT2D eigenvalue weighted by molar-refractivity contribution is 5.74. The van der Waals surface area contributed by atoms with E-state index in [1.165, 1.54) is 24.3 Å². The van der Waals surface area contributed by atoms with E-state index < -0.39 is 5.56 Å². The van der Waals surface area contributed by atoms with Crippen molar-refractivity contribution in [2.75, 3.05) is 0 Å². The quantitative estimate of drug-likeness (QED) is 0.662. The van der Waals surface area contributed by atoms with Crippen LogP contribution in [0.25, 0.3) is 11.1 Å². The predicted molar refractivity (Wildman–Crippen MR) is 65.3 cm³/mol. The van der Waals surface area contributed by atoms with Crippen molar-refractivity contribution in [1.82, 2.24) is 4.98 Å². The number of H-pyrrole nitrogens is 1. The molecule has 2 rings (SSSR count). The third kappa shape index (κ3) is 1.92. The van der Waals surface area contributed by atoms with Crippen LogP contribution in [0.5, 0.6) is 11.5 Å². The number of rotatable bonds is 1. The van der Waals surface area contributed by atoms with Crippen LogP contribution in [0.15, 0.2) is 29.1 Å². The van der Waals surface area contributed by atoms with E-state index in [9.17, 15) is 15.0 Å². The number of phenols is 2. The molecule has 3 N–H and O–H groups in total. The highest BCUT2D eigenvalue weighted by atomic mass is 16.3. The van der Waals surface area contributed by atoms with Gasteiger partial charge in [0, 0.05) is 16.8 Å². The first kappa shape index (κ1) is 11.7. The van der Waals surface area contributed by atoms with Crippen LogP contribution in [0.1, 0.15) is 11.3 Å². The summed E-state index contributed by atoms with van der Waals surface area (Å²) in [5.41, 5.74) is 0.858. The fraction of sp³-hybridized carbons (Fsp3) is 0.0769. The molecule has 0 fully saturated rings. The van der Waals surface area contributed by atoms with E-state index >= 15 is 0 Å². The van der Waals surface area contributed by atoms with Gasteiger partial charge in [-0.15, -0.1) is 0 Å². The van der Waals surface area contributed by atoms with Crippen molar-refractivity contribution in [2.45, 2.75) is 6.92 Å². The van der Waals surface area contributed by atoms with Gasteiger partial charge in [0.15, 0.2) is 0 Å². The van der Waals surface area contributed by atoms with Gasteiger partial charge in [0.25, 0.3) is 5.56 Å². The number of hydrogen-bond acceptors (Lipinski definition) is 4. The Bertz CT molecular complexity index is 711. The van der Waals surface area contributed by atoms with Gasteiger partial charge in [0.05, 0.1) is 0 Å². The summed E-state index contributed by atoms with van der Waals surface area (Å²) in [6, 6.07) is 7.24. The molecule has 0 spiro atoms. The molecule has 0 amide bonds. The summed E-state index contributed by atoms with van der Waals surface area (Å²) < 4.78 is 0. The van der Waals surface area contributed by atoms with E-state index in [0.717, 1.165) is 0 Å². The highest BCUT2D eigenvalue weighted by Gasteiger charge is 2.11. The lowest BCUT2D eigenvalue weighted by Crippen LogP contribution is -2.11. The molecule has 0 saturated carbocycles. The van der Waals surface area contributed by atoms with Gasteiger partial charge in [-0.25, -0.2) is 0 Å². The van der Waals surface area contributed by atoms with E-state index in [4.69, 9.17) is 5.26 Å². The highest BCUT2D eigenvalue weighted by Crippen LogP contribution is 2.33. The summed E-state index contributed by atoms with van der Waals surface area (Å²) in [5.74, 6) is -0.0428. The van der Waals surface area contributed by atoms with Crippen molar-refractivity contribution in [3.05, 3.63) is 45.9 Å². The molecule has 2 aromatic rings. The van der Waals surface area contributed by atoms with E-state index in [-0.39, 0.29) is 17.1 Å². The molecular weight excluding hydrogens is 232 g/mol. The van der Waals surface area contributed by atoms with E-state index in [1.54, 1.807) is 13.0 Å². The zero-order chi connectivity index (χ0) is 13.3. The summed E-state index contributed by atoms with van der Waals surface area (Å²) in [6.45, 7) is 1.65. The Hall–Kier alpha value is -2.74. The van der Waals surface area contributed by atoms with Crippen molar-refractivity contribution >= 4 is 0 Å². The van der Waals surface area contributed by atoms with Crippen LogP contribution in [0.2, 0.25) is 0 Å². The van der Waals surface area contributed by atoms with Crippen LogP contribution in [-0.2, 0) is 0 Å².